The lowest BCUT2D eigenvalue weighted by Gasteiger charge is -2.25. The molecule has 33 heavy (non-hydrogen) atoms. The molecule has 1 aliphatic heterocycles. The number of likely N-dealkylation sites (tertiary alicyclic amines) is 1. The van der Waals surface area contributed by atoms with Crippen LogP contribution in [0.5, 0.6) is 5.75 Å². The summed E-state index contributed by atoms with van der Waals surface area (Å²) in [5.74, 6) is -0.761. The fourth-order valence-corrected chi connectivity index (χ4v) is 4.02. The average molecular weight is 446 g/mol. The van der Waals surface area contributed by atoms with Crippen molar-refractivity contribution in [2.75, 3.05) is 13.2 Å². The van der Waals surface area contributed by atoms with Crippen LogP contribution >= 0.6 is 0 Å². The topological polar surface area (TPSA) is 84.7 Å². The minimum atomic E-state index is -0.671. The Labute approximate surface area is 192 Å². The second-order valence-corrected chi connectivity index (χ2v) is 7.93. The van der Waals surface area contributed by atoms with Gasteiger partial charge in [-0.2, -0.15) is 0 Å². The SMILES string of the molecule is CCCOc1ccc(C(O)=C2C(=O)C(=O)N(CCCn3ccnc3)C2c2ccccc2)cc1. The van der Waals surface area contributed by atoms with Crippen LogP contribution in [-0.4, -0.2) is 44.4 Å². The molecule has 0 radical (unpaired) electrons. The molecule has 1 aromatic heterocycles. The fourth-order valence-electron chi connectivity index (χ4n) is 4.02. The number of ketones is 1. The minimum Gasteiger partial charge on any atom is -0.507 e. The van der Waals surface area contributed by atoms with Crippen LogP contribution in [0.3, 0.4) is 0 Å². The van der Waals surface area contributed by atoms with Crippen molar-refractivity contribution in [2.24, 2.45) is 0 Å². The summed E-state index contributed by atoms with van der Waals surface area (Å²) >= 11 is 0. The third kappa shape index (κ3) is 4.82. The summed E-state index contributed by atoms with van der Waals surface area (Å²) in [4.78, 5) is 31.6. The first-order valence-corrected chi connectivity index (χ1v) is 11.1. The average Bonchev–Trinajstić information content (AvgIpc) is 3.45. The predicted molar refractivity (Wildman–Crippen MR) is 125 cm³/mol. The molecule has 7 heteroatoms. The molecule has 1 amide bonds. The Morgan fingerprint density at radius 2 is 1.82 bits per heavy atom. The van der Waals surface area contributed by atoms with E-state index in [1.807, 2.05) is 48.0 Å². The number of benzene rings is 2. The van der Waals surface area contributed by atoms with Gasteiger partial charge in [0.1, 0.15) is 11.5 Å². The van der Waals surface area contributed by atoms with E-state index in [0.717, 1.165) is 12.0 Å². The monoisotopic (exact) mass is 445 g/mol. The third-order valence-electron chi connectivity index (χ3n) is 5.63. The van der Waals surface area contributed by atoms with Crippen molar-refractivity contribution >= 4 is 17.4 Å². The molecule has 0 spiro atoms. The second kappa shape index (κ2) is 10.2. The zero-order chi connectivity index (χ0) is 23.2. The molecule has 0 aliphatic carbocycles. The largest absolute Gasteiger partial charge is 0.507 e. The molecular formula is C26H27N3O4. The van der Waals surface area contributed by atoms with Crippen LogP contribution in [0.15, 0.2) is 78.9 Å². The standard InChI is InChI=1S/C26H27N3O4/c1-2-17-33-21-11-9-20(10-12-21)24(30)22-23(19-7-4-3-5-8-19)29(26(32)25(22)31)15-6-14-28-16-13-27-18-28/h3-5,7-13,16,18,23,30H,2,6,14-15,17H2,1H3. The molecule has 1 saturated heterocycles. The number of nitrogens with zero attached hydrogens (tertiary/aromatic N) is 3. The summed E-state index contributed by atoms with van der Waals surface area (Å²) in [5.41, 5.74) is 1.36. The first-order chi connectivity index (χ1) is 16.1. The van der Waals surface area contributed by atoms with Gasteiger partial charge in [0.25, 0.3) is 11.7 Å². The van der Waals surface area contributed by atoms with Crippen molar-refractivity contribution in [2.45, 2.75) is 32.4 Å². The predicted octanol–water partition coefficient (Wildman–Crippen LogP) is 4.18. The molecule has 1 aliphatic rings. The minimum absolute atomic E-state index is 0.107. The van der Waals surface area contributed by atoms with Crippen LogP contribution in [0, 0.1) is 0 Å². The van der Waals surface area contributed by atoms with E-state index in [4.69, 9.17) is 4.74 Å². The summed E-state index contributed by atoms with van der Waals surface area (Å²) in [6.45, 7) is 3.67. The Morgan fingerprint density at radius 1 is 1.06 bits per heavy atom. The summed E-state index contributed by atoms with van der Waals surface area (Å²) in [6.07, 6.45) is 6.82. The molecule has 2 aromatic carbocycles. The second-order valence-electron chi connectivity index (χ2n) is 7.93. The number of carbonyl (C=O) groups excluding carboxylic acids is 2. The van der Waals surface area contributed by atoms with Gasteiger partial charge in [0.05, 0.1) is 24.5 Å². The number of hydrogen-bond acceptors (Lipinski definition) is 5. The maximum absolute atomic E-state index is 13.1. The summed E-state index contributed by atoms with van der Waals surface area (Å²) in [5, 5.41) is 11.1. The molecule has 0 saturated carbocycles. The summed E-state index contributed by atoms with van der Waals surface area (Å²) in [6, 6.07) is 15.6. The van der Waals surface area contributed by atoms with Crippen LogP contribution in [-0.2, 0) is 16.1 Å². The molecule has 1 unspecified atom stereocenters. The molecule has 170 valence electrons. The van der Waals surface area contributed by atoms with Gasteiger partial charge in [-0.25, -0.2) is 4.98 Å². The number of aryl methyl sites for hydroxylation is 1. The number of Topliss-reactive ketones (excluding diaryl/α,β-unsaturated/α-hetero) is 1. The van der Waals surface area contributed by atoms with Crippen molar-refractivity contribution in [3.05, 3.63) is 90.0 Å². The highest BCUT2D eigenvalue weighted by Crippen LogP contribution is 2.39. The molecule has 1 N–H and O–H groups in total. The van der Waals surface area contributed by atoms with Crippen LogP contribution in [0.25, 0.3) is 5.76 Å². The quantitative estimate of drug-likeness (QED) is 0.303. The number of ether oxygens (including phenoxy) is 1. The molecule has 7 nitrogen and oxygen atoms in total. The van der Waals surface area contributed by atoms with E-state index < -0.39 is 17.7 Å². The number of hydrogen-bond donors (Lipinski definition) is 1. The van der Waals surface area contributed by atoms with Crippen molar-refractivity contribution in [1.82, 2.24) is 14.5 Å². The zero-order valence-electron chi connectivity index (χ0n) is 18.6. The van der Waals surface area contributed by atoms with E-state index in [1.54, 1.807) is 41.7 Å². The molecule has 4 rings (SSSR count). The van der Waals surface area contributed by atoms with Gasteiger partial charge in [0, 0.05) is 31.0 Å². The Morgan fingerprint density at radius 3 is 2.48 bits per heavy atom. The first kappa shape index (κ1) is 22.3. The van der Waals surface area contributed by atoms with Gasteiger partial charge in [-0.1, -0.05) is 37.3 Å². The number of aliphatic hydroxyl groups excluding tert-OH is 1. The van der Waals surface area contributed by atoms with E-state index in [1.165, 1.54) is 0 Å². The highest BCUT2D eigenvalue weighted by molar-refractivity contribution is 6.46. The number of carbonyl (C=O) groups is 2. The summed E-state index contributed by atoms with van der Waals surface area (Å²) < 4.78 is 7.53. The van der Waals surface area contributed by atoms with Crippen molar-refractivity contribution < 1.29 is 19.4 Å². The highest BCUT2D eigenvalue weighted by Gasteiger charge is 2.45. The Kier molecular flexibility index (Phi) is 6.88. The van der Waals surface area contributed by atoms with Crippen LogP contribution in [0.4, 0.5) is 0 Å². The molecule has 1 fully saturated rings. The van der Waals surface area contributed by atoms with E-state index in [0.29, 0.717) is 37.4 Å². The van der Waals surface area contributed by atoms with Crippen molar-refractivity contribution in [1.29, 1.82) is 0 Å². The lowest BCUT2D eigenvalue weighted by atomic mass is 9.95. The van der Waals surface area contributed by atoms with E-state index in [2.05, 4.69) is 4.98 Å². The van der Waals surface area contributed by atoms with E-state index >= 15 is 0 Å². The van der Waals surface area contributed by atoms with Gasteiger partial charge in [-0.05, 0) is 42.7 Å². The molecule has 0 bridgehead atoms. The van der Waals surface area contributed by atoms with Gasteiger partial charge in [0.2, 0.25) is 0 Å². The summed E-state index contributed by atoms with van der Waals surface area (Å²) in [7, 11) is 0. The van der Waals surface area contributed by atoms with Gasteiger partial charge in [-0.3, -0.25) is 9.59 Å². The number of rotatable bonds is 9. The number of aromatic nitrogens is 2. The van der Waals surface area contributed by atoms with Gasteiger partial charge in [0.15, 0.2) is 0 Å². The molecule has 2 heterocycles. The van der Waals surface area contributed by atoms with E-state index in [9.17, 15) is 14.7 Å². The molecular weight excluding hydrogens is 418 g/mol. The Balaban J connectivity index is 1.66. The molecule has 1 atom stereocenters. The Bertz CT molecular complexity index is 1120. The van der Waals surface area contributed by atoms with E-state index in [-0.39, 0.29) is 11.3 Å². The lowest BCUT2D eigenvalue weighted by Crippen LogP contribution is -2.31. The first-order valence-electron chi connectivity index (χ1n) is 11.1. The highest BCUT2D eigenvalue weighted by atomic mass is 16.5. The maximum atomic E-state index is 13.1. The smallest absolute Gasteiger partial charge is 0.295 e. The van der Waals surface area contributed by atoms with Crippen LogP contribution in [0.2, 0.25) is 0 Å². The molecule has 3 aromatic rings. The van der Waals surface area contributed by atoms with Gasteiger partial charge in [-0.15, -0.1) is 0 Å². The van der Waals surface area contributed by atoms with Gasteiger partial charge >= 0.3 is 0 Å². The maximum Gasteiger partial charge on any atom is 0.295 e. The van der Waals surface area contributed by atoms with Crippen LogP contribution < -0.4 is 4.74 Å². The Hall–Kier alpha value is -3.87. The fraction of sp³-hybridized carbons (Fsp3) is 0.269. The third-order valence-corrected chi connectivity index (χ3v) is 5.63. The van der Waals surface area contributed by atoms with Crippen LogP contribution in [0.1, 0.15) is 36.9 Å². The lowest BCUT2D eigenvalue weighted by molar-refractivity contribution is -0.139. The number of imidazole rings is 1. The van der Waals surface area contributed by atoms with Crippen molar-refractivity contribution in [3.63, 3.8) is 0 Å². The van der Waals surface area contributed by atoms with Gasteiger partial charge < -0.3 is 19.3 Å². The number of amides is 1. The number of aliphatic hydroxyl groups is 1. The van der Waals surface area contributed by atoms with Crippen molar-refractivity contribution in [3.8, 4) is 5.75 Å². The zero-order valence-corrected chi connectivity index (χ0v) is 18.6. The normalized spacial score (nSPS) is 17.5.